The molecule has 2 aromatic heterocycles. The lowest BCUT2D eigenvalue weighted by molar-refractivity contribution is 0.943. The molecule has 0 aliphatic rings. The molecule has 4 aromatic rings. The number of aryl methyl sites for hydroxylation is 4. The van der Waals surface area contributed by atoms with E-state index in [1.165, 1.54) is 33.0 Å². The van der Waals surface area contributed by atoms with Crippen molar-refractivity contribution in [3.63, 3.8) is 0 Å². The van der Waals surface area contributed by atoms with E-state index in [1.807, 2.05) is 18.5 Å². The summed E-state index contributed by atoms with van der Waals surface area (Å²) in [6.45, 7) is 4.34. The van der Waals surface area contributed by atoms with Crippen molar-refractivity contribution in [3.05, 3.63) is 83.2 Å². The number of hydrogen-bond acceptors (Lipinski definition) is 2. The Morgan fingerprint density at radius 3 is 2.46 bits per heavy atom. The van der Waals surface area contributed by atoms with Crippen LogP contribution in [0.15, 0.2) is 60.9 Å². The highest BCUT2D eigenvalue weighted by molar-refractivity contribution is 6.03. The number of para-hydroxylation sites is 1. The van der Waals surface area contributed by atoms with Crippen molar-refractivity contribution in [1.82, 2.24) is 9.97 Å². The third-order valence-electron chi connectivity index (χ3n) is 4.68. The van der Waals surface area contributed by atoms with E-state index in [1.54, 1.807) is 0 Å². The number of nitrogens with zero attached hydrogens (tertiary/aromatic N) is 2. The predicted molar refractivity (Wildman–Crippen MR) is 100 cm³/mol. The van der Waals surface area contributed by atoms with Gasteiger partial charge in [0, 0.05) is 17.0 Å². The van der Waals surface area contributed by atoms with Crippen molar-refractivity contribution >= 4 is 21.8 Å². The Balaban J connectivity index is 1.68. The van der Waals surface area contributed by atoms with Gasteiger partial charge in [-0.2, -0.15) is 0 Å². The molecule has 0 saturated carbocycles. The molecule has 118 valence electrons. The van der Waals surface area contributed by atoms with Gasteiger partial charge in [-0.15, -0.1) is 0 Å². The Morgan fingerprint density at radius 1 is 0.750 bits per heavy atom. The van der Waals surface area contributed by atoms with Crippen LogP contribution in [-0.2, 0) is 12.8 Å². The second-order valence-corrected chi connectivity index (χ2v) is 6.48. The first-order valence-electron chi connectivity index (χ1n) is 8.39. The normalized spacial score (nSPS) is 11.2. The van der Waals surface area contributed by atoms with Gasteiger partial charge in [-0.05, 0) is 55.5 Å². The van der Waals surface area contributed by atoms with Crippen LogP contribution in [0.4, 0.5) is 0 Å². The Kier molecular flexibility index (Phi) is 3.73. The van der Waals surface area contributed by atoms with Gasteiger partial charge in [0.15, 0.2) is 0 Å². The summed E-state index contributed by atoms with van der Waals surface area (Å²) in [5, 5.41) is 2.37. The number of benzene rings is 2. The fourth-order valence-electron chi connectivity index (χ4n) is 3.32. The first-order valence-corrected chi connectivity index (χ1v) is 8.39. The first kappa shape index (κ1) is 14.8. The molecule has 0 saturated heterocycles. The summed E-state index contributed by atoms with van der Waals surface area (Å²) in [6, 6.07) is 17.2. The number of rotatable bonds is 3. The van der Waals surface area contributed by atoms with Crippen LogP contribution in [0.5, 0.6) is 0 Å². The average Bonchev–Trinajstić information content (AvgIpc) is 2.61. The number of aromatic nitrogens is 2. The molecule has 2 heteroatoms. The predicted octanol–water partition coefficient (Wildman–Crippen LogP) is 5.19. The van der Waals surface area contributed by atoms with Crippen molar-refractivity contribution in [2.75, 3.05) is 0 Å². The van der Waals surface area contributed by atoms with E-state index in [2.05, 4.69) is 66.3 Å². The summed E-state index contributed by atoms with van der Waals surface area (Å²) >= 11 is 0. The lowest BCUT2D eigenvalue weighted by atomic mass is 9.99. The van der Waals surface area contributed by atoms with Crippen molar-refractivity contribution in [3.8, 4) is 0 Å². The standard InChI is InChI=1S/C22H20N2/c1-15-7-9-18(16(2)11-15)10-8-17-12-20-19-5-3-4-6-21(19)24-14-22(20)23-13-17/h3-7,9,11-14H,8,10H2,1-2H3. The molecular formula is C22H20N2. The third kappa shape index (κ3) is 2.76. The lowest BCUT2D eigenvalue weighted by Gasteiger charge is -2.08. The van der Waals surface area contributed by atoms with Crippen LogP contribution in [0.25, 0.3) is 21.8 Å². The molecule has 0 spiro atoms. The van der Waals surface area contributed by atoms with Crippen molar-refractivity contribution in [1.29, 1.82) is 0 Å². The van der Waals surface area contributed by atoms with E-state index in [0.29, 0.717) is 0 Å². The molecule has 0 bridgehead atoms. The summed E-state index contributed by atoms with van der Waals surface area (Å²) in [4.78, 5) is 9.11. The number of fused-ring (bicyclic) bond motifs is 3. The van der Waals surface area contributed by atoms with Gasteiger partial charge < -0.3 is 0 Å². The summed E-state index contributed by atoms with van der Waals surface area (Å²) in [5.41, 5.74) is 7.38. The second kappa shape index (κ2) is 6.04. The summed E-state index contributed by atoms with van der Waals surface area (Å²) in [5.74, 6) is 0. The van der Waals surface area contributed by atoms with E-state index in [4.69, 9.17) is 0 Å². The summed E-state index contributed by atoms with van der Waals surface area (Å²) in [6.07, 6.45) is 5.90. The van der Waals surface area contributed by atoms with Gasteiger partial charge in [-0.3, -0.25) is 9.97 Å². The van der Waals surface area contributed by atoms with Crippen LogP contribution in [0, 0.1) is 13.8 Å². The summed E-state index contributed by atoms with van der Waals surface area (Å²) in [7, 11) is 0. The molecule has 2 heterocycles. The zero-order chi connectivity index (χ0) is 16.5. The van der Waals surface area contributed by atoms with Gasteiger partial charge in [0.2, 0.25) is 0 Å². The van der Waals surface area contributed by atoms with E-state index < -0.39 is 0 Å². The fraction of sp³-hybridized carbons (Fsp3) is 0.182. The molecule has 0 fully saturated rings. The fourth-order valence-corrected chi connectivity index (χ4v) is 3.32. The van der Waals surface area contributed by atoms with Crippen LogP contribution in [0.2, 0.25) is 0 Å². The van der Waals surface area contributed by atoms with Crippen molar-refractivity contribution in [2.45, 2.75) is 26.7 Å². The van der Waals surface area contributed by atoms with E-state index >= 15 is 0 Å². The Morgan fingerprint density at radius 2 is 1.58 bits per heavy atom. The minimum Gasteiger partial charge on any atom is -0.254 e. The van der Waals surface area contributed by atoms with Gasteiger partial charge in [0.25, 0.3) is 0 Å². The molecular weight excluding hydrogens is 292 g/mol. The minimum absolute atomic E-state index is 0.962. The molecule has 0 N–H and O–H groups in total. The highest BCUT2D eigenvalue weighted by Gasteiger charge is 2.05. The molecule has 24 heavy (non-hydrogen) atoms. The zero-order valence-electron chi connectivity index (χ0n) is 14.1. The highest BCUT2D eigenvalue weighted by Crippen LogP contribution is 2.23. The topological polar surface area (TPSA) is 25.8 Å². The van der Waals surface area contributed by atoms with Crippen LogP contribution in [0.3, 0.4) is 0 Å². The average molecular weight is 312 g/mol. The highest BCUT2D eigenvalue weighted by atomic mass is 14.7. The first-order chi connectivity index (χ1) is 11.7. The summed E-state index contributed by atoms with van der Waals surface area (Å²) < 4.78 is 0. The smallest absolute Gasteiger partial charge is 0.0891 e. The maximum Gasteiger partial charge on any atom is 0.0891 e. The molecule has 0 aliphatic carbocycles. The zero-order valence-corrected chi connectivity index (χ0v) is 14.1. The van der Waals surface area contributed by atoms with Crippen LogP contribution in [0.1, 0.15) is 22.3 Å². The quantitative estimate of drug-likeness (QED) is 0.487. The van der Waals surface area contributed by atoms with Crippen LogP contribution in [-0.4, -0.2) is 9.97 Å². The largest absolute Gasteiger partial charge is 0.254 e. The molecule has 0 aliphatic heterocycles. The lowest BCUT2D eigenvalue weighted by Crippen LogP contribution is -1.96. The van der Waals surface area contributed by atoms with Crippen LogP contribution < -0.4 is 0 Å². The van der Waals surface area contributed by atoms with Gasteiger partial charge >= 0.3 is 0 Å². The Bertz CT molecular complexity index is 1030. The van der Waals surface area contributed by atoms with Crippen LogP contribution >= 0.6 is 0 Å². The second-order valence-electron chi connectivity index (χ2n) is 6.48. The van der Waals surface area contributed by atoms with E-state index in [-0.39, 0.29) is 0 Å². The minimum atomic E-state index is 0.962. The van der Waals surface area contributed by atoms with Gasteiger partial charge in [-0.25, -0.2) is 0 Å². The maximum atomic E-state index is 4.62. The van der Waals surface area contributed by atoms with Crippen molar-refractivity contribution < 1.29 is 0 Å². The maximum absolute atomic E-state index is 4.62. The van der Waals surface area contributed by atoms with Gasteiger partial charge in [0.05, 0.1) is 17.2 Å². The molecule has 0 radical (unpaired) electrons. The van der Waals surface area contributed by atoms with Crippen molar-refractivity contribution in [2.24, 2.45) is 0 Å². The van der Waals surface area contributed by atoms with E-state index in [0.717, 1.165) is 23.9 Å². The molecule has 2 aromatic carbocycles. The Hall–Kier alpha value is -2.74. The molecule has 2 nitrogen and oxygen atoms in total. The monoisotopic (exact) mass is 312 g/mol. The number of hydrogen-bond donors (Lipinski definition) is 0. The Labute approximate surface area is 142 Å². The number of pyridine rings is 2. The SMILES string of the molecule is Cc1ccc(CCc2cnc3cnc4ccccc4c3c2)c(C)c1. The van der Waals surface area contributed by atoms with E-state index in [9.17, 15) is 0 Å². The third-order valence-corrected chi connectivity index (χ3v) is 4.68. The molecule has 4 rings (SSSR count). The van der Waals surface area contributed by atoms with Gasteiger partial charge in [-0.1, -0.05) is 42.0 Å². The molecule has 0 atom stereocenters. The molecule has 0 unspecified atom stereocenters. The van der Waals surface area contributed by atoms with Gasteiger partial charge in [0.1, 0.15) is 0 Å². The molecule has 0 amide bonds.